The van der Waals surface area contributed by atoms with E-state index in [9.17, 15) is 0 Å². The van der Waals surface area contributed by atoms with Crippen molar-refractivity contribution in [1.82, 2.24) is 4.90 Å². The molecule has 0 bridgehead atoms. The topological polar surface area (TPSA) is 47.7 Å². The number of methoxy groups -OCH3 is 2. The fourth-order valence-electron chi connectivity index (χ4n) is 1.90. The number of hydrogen-bond acceptors (Lipinski definition) is 4. The van der Waals surface area contributed by atoms with E-state index in [-0.39, 0.29) is 6.10 Å². The molecular weight excluding hydrogens is 180 g/mol. The van der Waals surface area contributed by atoms with E-state index in [4.69, 9.17) is 15.2 Å². The molecule has 14 heavy (non-hydrogen) atoms. The molecule has 1 fully saturated rings. The summed E-state index contributed by atoms with van der Waals surface area (Å²) in [4.78, 5) is 2.37. The third-order valence-electron chi connectivity index (χ3n) is 2.85. The van der Waals surface area contributed by atoms with Gasteiger partial charge in [-0.1, -0.05) is 0 Å². The summed E-state index contributed by atoms with van der Waals surface area (Å²) in [5.41, 5.74) is 5.58. The Labute approximate surface area is 86.3 Å². The summed E-state index contributed by atoms with van der Waals surface area (Å²) in [7, 11) is 3.50. The molecule has 1 aliphatic heterocycles. The molecule has 0 aromatic carbocycles. The second kappa shape index (κ2) is 6.35. The fraction of sp³-hybridized carbons (Fsp3) is 1.00. The van der Waals surface area contributed by atoms with Crippen molar-refractivity contribution in [3.63, 3.8) is 0 Å². The zero-order valence-electron chi connectivity index (χ0n) is 9.24. The van der Waals surface area contributed by atoms with E-state index in [0.717, 1.165) is 19.6 Å². The van der Waals surface area contributed by atoms with Gasteiger partial charge in [-0.15, -0.1) is 0 Å². The first-order valence-electron chi connectivity index (χ1n) is 5.28. The van der Waals surface area contributed by atoms with Crippen molar-refractivity contribution in [3.8, 4) is 0 Å². The van der Waals surface area contributed by atoms with Crippen molar-refractivity contribution in [2.75, 3.05) is 40.4 Å². The molecule has 2 unspecified atom stereocenters. The average molecular weight is 202 g/mol. The van der Waals surface area contributed by atoms with Crippen molar-refractivity contribution in [2.45, 2.75) is 25.0 Å². The quantitative estimate of drug-likeness (QED) is 0.685. The van der Waals surface area contributed by atoms with Crippen molar-refractivity contribution in [1.29, 1.82) is 0 Å². The molecule has 0 aliphatic carbocycles. The van der Waals surface area contributed by atoms with Crippen LogP contribution in [0.1, 0.15) is 12.8 Å². The van der Waals surface area contributed by atoms with Gasteiger partial charge in [-0.25, -0.2) is 0 Å². The Hall–Kier alpha value is -0.160. The van der Waals surface area contributed by atoms with Crippen LogP contribution in [0.5, 0.6) is 0 Å². The summed E-state index contributed by atoms with van der Waals surface area (Å²) in [6.07, 6.45) is 2.93. The molecule has 0 aromatic rings. The van der Waals surface area contributed by atoms with Gasteiger partial charge in [0.2, 0.25) is 0 Å². The number of likely N-dealkylation sites (tertiary alicyclic amines) is 1. The van der Waals surface area contributed by atoms with E-state index in [0.29, 0.717) is 12.6 Å². The molecule has 4 heteroatoms. The summed E-state index contributed by atoms with van der Waals surface area (Å²) in [5.74, 6) is 0. The van der Waals surface area contributed by atoms with E-state index >= 15 is 0 Å². The highest BCUT2D eigenvalue weighted by Crippen LogP contribution is 2.12. The number of ether oxygens (including phenoxy) is 2. The average Bonchev–Trinajstić information content (AvgIpc) is 2.26. The van der Waals surface area contributed by atoms with Gasteiger partial charge in [-0.2, -0.15) is 0 Å². The van der Waals surface area contributed by atoms with Gasteiger partial charge in [0, 0.05) is 33.9 Å². The molecule has 0 amide bonds. The van der Waals surface area contributed by atoms with Gasteiger partial charge in [0.1, 0.15) is 0 Å². The van der Waals surface area contributed by atoms with E-state index in [2.05, 4.69) is 4.90 Å². The van der Waals surface area contributed by atoms with Gasteiger partial charge in [0.05, 0.1) is 12.2 Å². The van der Waals surface area contributed by atoms with Crippen molar-refractivity contribution < 1.29 is 9.47 Å². The molecule has 1 heterocycles. The van der Waals surface area contributed by atoms with Gasteiger partial charge in [0.25, 0.3) is 0 Å². The molecule has 1 aliphatic rings. The Kier molecular flexibility index (Phi) is 5.40. The molecule has 2 N–H and O–H groups in total. The standard InChI is InChI=1S/C10H22N2O2/c1-13-9-4-3-5-12(7-9)8-10(6-11)14-2/h9-10H,3-8,11H2,1-2H3. The molecule has 84 valence electrons. The van der Waals surface area contributed by atoms with Crippen LogP contribution in [-0.4, -0.2) is 57.5 Å². The van der Waals surface area contributed by atoms with Crippen molar-refractivity contribution in [2.24, 2.45) is 5.73 Å². The van der Waals surface area contributed by atoms with Crippen LogP contribution in [0, 0.1) is 0 Å². The lowest BCUT2D eigenvalue weighted by atomic mass is 10.1. The number of nitrogens with zero attached hydrogens (tertiary/aromatic N) is 1. The molecule has 0 spiro atoms. The zero-order valence-corrected chi connectivity index (χ0v) is 9.24. The second-order valence-corrected chi connectivity index (χ2v) is 3.85. The lowest BCUT2D eigenvalue weighted by Crippen LogP contribution is -2.45. The van der Waals surface area contributed by atoms with Gasteiger partial charge in [-0.05, 0) is 19.4 Å². The zero-order chi connectivity index (χ0) is 10.4. The number of nitrogens with two attached hydrogens (primary N) is 1. The summed E-state index contributed by atoms with van der Waals surface area (Å²) in [5, 5.41) is 0. The number of rotatable bonds is 5. The predicted molar refractivity (Wildman–Crippen MR) is 56.3 cm³/mol. The third-order valence-corrected chi connectivity index (χ3v) is 2.85. The monoisotopic (exact) mass is 202 g/mol. The van der Waals surface area contributed by atoms with E-state index in [1.54, 1.807) is 14.2 Å². The fourth-order valence-corrected chi connectivity index (χ4v) is 1.90. The molecule has 1 saturated heterocycles. The van der Waals surface area contributed by atoms with Crippen LogP contribution in [0.2, 0.25) is 0 Å². The Morgan fingerprint density at radius 3 is 2.86 bits per heavy atom. The first-order valence-corrected chi connectivity index (χ1v) is 5.28. The summed E-state index contributed by atoms with van der Waals surface area (Å²) >= 11 is 0. The van der Waals surface area contributed by atoms with Gasteiger partial charge < -0.3 is 15.2 Å². The highest BCUT2D eigenvalue weighted by atomic mass is 16.5. The van der Waals surface area contributed by atoms with Crippen molar-refractivity contribution >= 4 is 0 Å². The SMILES string of the molecule is COC(CN)CN1CCCC(OC)C1. The van der Waals surface area contributed by atoms with E-state index in [1.165, 1.54) is 12.8 Å². The normalized spacial score (nSPS) is 26.4. The van der Waals surface area contributed by atoms with Crippen LogP contribution >= 0.6 is 0 Å². The Balaban J connectivity index is 2.29. The second-order valence-electron chi connectivity index (χ2n) is 3.85. The minimum Gasteiger partial charge on any atom is -0.380 e. The van der Waals surface area contributed by atoms with E-state index < -0.39 is 0 Å². The number of hydrogen-bond donors (Lipinski definition) is 1. The maximum Gasteiger partial charge on any atom is 0.0820 e. The van der Waals surface area contributed by atoms with Crippen LogP contribution in [0.4, 0.5) is 0 Å². The smallest absolute Gasteiger partial charge is 0.0820 e. The third kappa shape index (κ3) is 3.53. The maximum atomic E-state index is 5.58. The first-order chi connectivity index (χ1) is 6.80. The molecule has 0 radical (unpaired) electrons. The first kappa shape index (κ1) is 11.9. The Morgan fingerprint density at radius 1 is 1.50 bits per heavy atom. The van der Waals surface area contributed by atoms with Crippen LogP contribution in [0.3, 0.4) is 0 Å². The molecular formula is C10H22N2O2. The Bertz CT molecular complexity index is 151. The maximum absolute atomic E-state index is 5.58. The minimum atomic E-state index is 0.158. The lowest BCUT2D eigenvalue weighted by Gasteiger charge is -2.33. The van der Waals surface area contributed by atoms with Gasteiger partial charge >= 0.3 is 0 Å². The van der Waals surface area contributed by atoms with Crippen LogP contribution < -0.4 is 5.73 Å². The highest BCUT2D eigenvalue weighted by molar-refractivity contribution is 4.75. The van der Waals surface area contributed by atoms with Crippen LogP contribution in [0.15, 0.2) is 0 Å². The highest BCUT2D eigenvalue weighted by Gasteiger charge is 2.21. The van der Waals surface area contributed by atoms with E-state index in [1.807, 2.05) is 0 Å². The molecule has 4 nitrogen and oxygen atoms in total. The van der Waals surface area contributed by atoms with Crippen LogP contribution in [-0.2, 0) is 9.47 Å². The summed E-state index contributed by atoms with van der Waals surface area (Å²) < 4.78 is 10.6. The molecule has 2 atom stereocenters. The lowest BCUT2D eigenvalue weighted by molar-refractivity contribution is 0.00506. The largest absolute Gasteiger partial charge is 0.380 e. The predicted octanol–water partition coefficient (Wildman–Crippen LogP) is 0.0709. The van der Waals surface area contributed by atoms with Crippen LogP contribution in [0.25, 0.3) is 0 Å². The molecule has 1 rings (SSSR count). The Morgan fingerprint density at radius 2 is 2.29 bits per heavy atom. The summed E-state index contributed by atoms with van der Waals surface area (Å²) in [6.45, 7) is 3.66. The minimum absolute atomic E-state index is 0.158. The van der Waals surface area contributed by atoms with Gasteiger partial charge in [-0.3, -0.25) is 4.90 Å². The molecule has 0 aromatic heterocycles. The van der Waals surface area contributed by atoms with Gasteiger partial charge in [0.15, 0.2) is 0 Å². The number of piperidine rings is 1. The molecule has 0 saturated carbocycles. The van der Waals surface area contributed by atoms with Crippen molar-refractivity contribution in [3.05, 3.63) is 0 Å². The summed E-state index contributed by atoms with van der Waals surface area (Å²) in [6, 6.07) is 0.